The number of carbonyl (C=O) groups excluding carboxylic acids is 2. The Balaban J connectivity index is 2.35. The zero-order chi connectivity index (χ0) is 21.6. The van der Waals surface area contributed by atoms with Gasteiger partial charge >= 0.3 is 6.36 Å². The summed E-state index contributed by atoms with van der Waals surface area (Å²) in [6.45, 7) is -2.27. The summed E-state index contributed by atoms with van der Waals surface area (Å²) >= 11 is 0. The maximum atomic E-state index is 14.8. The highest BCUT2D eigenvalue weighted by molar-refractivity contribution is 6.05. The Bertz CT molecular complexity index is 939. The number of terminal acetylenes is 1. The fraction of sp³-hybridized carbons (Fsp3) is 0.158. The van der Waals surface area contributed by atoms with Gasteiger partial charge in [0.25, 0.3) is 11.8 Å². The third-order valence-electron chi connectivity index (χ3n) is 3.53. The number of rotatable bonds is 6. The molecule has 152 valence electrons. The highest BCUT2D eigenvalue weighted by Gasteiger charge is 2.32. The maximum absolute atomic E-state index is 14.8. The van der Waals surface area contributed by atoms with Crippen LogP contribution in [0.25, 0.3) is 0 Å². The van der Waals surface area contributed by atoms with Crippen molar-refractivity contribution in [2.45, 2.75) is 6.36 Å². The van der Waals surface area contributed by atoms with Crippen molar-refractivity contribution in [1.82, 2.24) is 0 Å². The first kappa shape index (κ1) is 21.8. The van der Waals surface area contributed by atoms with Crippen LogP contribution >= 0.6 is 0 Å². The lowest BCUT2D eigenvalue weighted by Gasteiger charge is -2.23. The zero-order valence-corrected chi connectivity index (χ0v) is 14.6. The summed E-state index contributed by atoms with van der Waals surface area (Å²) in [5.41, 5.74) is -1.33. The van der Waals surface area contributed by atoms with Crippen LogP contribution in [0.3, 0.4) is 0 Å². The summed E-state index contributed by atoms with van der Waals surface area (Å²) in [4.78, 5) is 24.5. The maximum Gasteiger partial charge on any atom is 0.523 e. The van der Waals surface area contributed by atoms with Crippen LogP contribution in [0.15, 0.2) is 42.5 Å². The molecule has 2 aromatic carbocycles. The topological polar surface area (TPSA) is 58.6 Å². The normalized spacial score (nSPS) is 10.9. The van der Waals surface area contributed by atoms with Crippen LogP contribution in [0.4, 0.5) is 33.3 Å². The fourth-order valence-corrected chi connectivity index (χ4v) is 2.27. The zero-order valence-electron chi connectivity index (χ0n) is 14.6. The number of halogens is 5. The molecule has 0 fully saturated rings. The van der Waals surface area contributed by atoms with E-state index in [1.165, 1.54) is 12.1 Å². The van der Waals surface area contributed by atoms with Crippen LogP contribution in [-0.2, 0) is 9.53 Å². The molecule has 0 bridgehead atoms. The van der Waals surface area contributed by atoms with E-state index < -0.39 is 54.3 Å². The van der Waals surface area contributed by atoms with Crippen molar-refractivity contribution in [2.75, 3.05) is 23.4 Å². The quantitative estimate of drug-likeness (QED) is 0.581. The molecule has 0 aliphatic heterocycles. The number of ether oxygens (including phenoxy) is 1. The van der Waals surface area contributed by atoms with Gasteiger partial charge in [0.05, 0.1) is 12.2 Å². The molecule has 2 amide bonds. The second kappa shape index (κ2) is 9.16. The molecule has 0 aliphatic rings. The molecule has 0 radical (unpaired) electrons. The van der Waals surface area contributed by atoms with Gasteiger partial charge in [-0.25, -0.2) is 8.78 Å². The van der Waals surface area contributed by atoms with Crippen molar-refractivity contribution in [1.29, 1.82) is 0 Å². The van der Waals surface area contributed by atoms with Crippen LogP contribution in [0.5, 0.6) is 0 Å². The van der Waals surface area contributed by atoms with Gasteiger partial charge in [-0.15, -0.1) is 19.6 Å². The van der Waals surface area contributed by atoms with Gasteiger partial charge < -0.3 is 5.32 Å². The van der Waals surface area contributed by atoms with E-state index in [-0.39, 0.29) is 10.5 Å². The van der Waals surface area contributed by atoms with E-state index in [1.807, 2.05) is 5.92 Å². The summed E-state index contributed by atoms with van der Waals surface area (Å²) in [5.74, 6) is -2.87. The minimum Gasteiger partial charge on any atom is -0.319 e. The molecule has 1 N–H and O–H groups in total. The van der Waals surface area contributed by atoms with E-state index in [0.29, 0.717) is 0 Å². The van der Waals surface area contributed by atoms with Crippen LogP contribution in [0.2, 0.25) is 0 Å². The van der Waals surface area contributed by atoms with Crippen molar-refractivity contribution in [3.8, 4) is 12.3 Å². The number of benzene rings is 2. The molecule has 0 atom stereocenters. The minimum atomic E-state index is -5.12. The summed E-state index contributed by atoms with van der Waals surface area (Å²) < 4.78 is 69.0. The number of hydrogen-bond donors (Lipinski definition) is 1. The highest BCUT2D eigenvalue weighted by atomic mass is 19.4. The van der Waals surface area contributed by atoms with Gasteiger partial charge in [-0.2, -0.15) is 0 Å². The molecule has 0 saturated carbocycles. The SMILES string of the molecule is C#CCN(C(=O)COC(F)(F)F)c1c(F)ccc(NC(=O)c2ccccc2)c1F. The largest absolute Gasteiger partial charge is 0.523 e. The van der Waals surface area contributed by atoms with Crippen molar-refractivity contribution >= 4 is 23.2 Å². The van der Waals surface area contributed by atoms with Gasteiger partial charge in [-0.3, -0.25) is 19.2 Å². The number of amides is 2. The first-order valence-electron chi connectivity index (χ1n) is 7.93. The summed E-state index contributed by atoms with van der Waals surface area (Å²) in [6.07, 6.45) is -0.0651. The lowest BCUT2D eigenvalue weighted by atomic mass is 10.2. The molecule has 0 saturated heterocycles. The van der Waals surface area contributed by atoms with Crippen molar-refractivity contribution < 1.29 is 36.3 Å². The number of alkyl halides is 3. The van der Waals surface area contributed by atoms with Crippen LogP contribution in [-0.4, -0.2) is 31.3 Å². The number of anilines is 2. The lowest BCUT2D eigenvalue weighted by Crippen LogP contribution is -2.37. The van der Waals surface area contributed by atoms with E-state index in [2.05, 4.69) is 10.1 Å². The average molecular weight is 412 g/mol. The average Bonchev–Trinajstić information content (AvgIpc) is 2.67. The first-order chi connectivity index (χ1) is 13.6. The Morgan fingerprint density at radius 3 is 2.34 bits per heavy atom. The molecule has 10 heteroatoms. The van der Waals surface area contributed by atoms with E-state index in [1.54, 1.807) is 18.2 Å². The molecule has 0 spiro atoms. The molecular weight excluding hydrogens is 399 g/mol. The van der Waals surface area contributed by atoms with Gasteiger partial charge in [0.15, 0.2) is 5.82 Å². The van der Waals surface area contributed by atoms with Crippen molar-refractivity contribution in [3.63, 3.8) is 0 Å². The van der Waals surface area contributed by atoms with Crippen LogP contribution in [0, 0.1) is 24.0 Å². The number of carbonyl (C=O) groups is 2. The summed E-state index contributed by atoms with van der Waals surface area (Å²) in [5, 5.41) is 2.20. The van der Waals surface area contributed by atoms with Gasteiger partial charge in [-0.1, -0.05) is 24.1 Å². The first-order valence-corrected chi connectivity index (χ1v) is 7.93. The Kier molecular flexibility index (Phi) is 6.90. The summed E-state index contributed by atoms with van der Waals surface area (Å²) in [6, 6.07) is 9.31. The number of hydrogen-bond acceptors (Lipinski definition) is 3. The molecule has 2 aromatic rings. The van der Waals surface area contributed by atoms with Gasteiger partial charge in [0, 0.05) is 5.56 Å². The third kappa shape index (κ3) is 5.76. The Morgan fingerprint density at radius 1 is 1.10 bits per heavy atom. The predicted octanol–water partition coefficient (Wildman–Crippen LogP) is 3.72. The van der Waals surface area contributed by atoms with E-state index in [4.69, 9.17) is 6.42 Å². The predicted molar refractivity (Wildman–Crippen MR) is 93.9 cm³/mol. The second-order valence-corrected chi connectivity index (χ2v) is 5.50. The minimum absolute atomic E-state index is 0.174. The fourth-order valence-electron chi connectivity index (χ4n) is 2.27. The van der Waals surface area contributed by atoms with Gasteiger partial charge in [0.2, 0.25) is 0 Å². The van der Waals surface area contributed by atoms with Crippen molar-refractivity contribution in [2.24, 2.45) is 0 Å². The van der Waals surface area contributed by atoms with Gasteiger partial charge in [-0.05, 0) is 24.3 Å². The van der Waals surface area contributed by atoms with Gasteiger partial charge in [0.1, 0.15) is 18.1 Å². The smallest absolute Gasteiger partial charge is 0.319 e. The Morgan fingerprint density at radius 2 is 1.76 bits per heavy atom. The lowest BCUT2D eigenvalue weighted by molar-refractivity contribution is -0.320. The molecule has 29 heavy (non-hydrogen) atoms. The molecule has 0 unspecified atom stereocenters. The standard InChI is InChI=1S/C19H13F5N2O3/c1-2-10-26(15(27)11-29-19(22,23)24)17-13(20)8-9-14(16(17)21)25-18(28)12-6-4-3-5-7-12/h1,3-9H,10-11H2,(H,25,28). The third-order valence-corrected chi connectivity index (χ3v) is 3.53. The van der Waals surface area contributed by atoms with E-state index in [9.17, 15) is 31.5 Å². The molecule has 2 rings (SSSR count). The van der Waals surface area contributed by atoms with Crippen LogP contribution in [0.1, 0.15) is 10.4 Å². The molecular formula is C19H13F5N2O3. The molecule has 0 heterocycles. The van der Waals surface area contributed by atoms with E-state index >= 15 is 0 Å². The highest BCUT2D eigenvalue weighted by Crippen LogP contribution is 2.30. The Labute approximate surface area is 162 Å². The van der Waals surface area contributed by atoms with Crippen molar-refractivity contribution in [3.05, 3.63) is 59.7 Å². The number of nitrogens with zero attached hydrogens (tertiary/aromatic N) is 1. The monoisotopic (exact) mass is 412 g/mol. The molecule has 0 aromatic heterocycles. The summed E-state index contributed by atoms with van der Waals surface area (Å²) in [7, 11) is 0. The van der Waals surface area contributed by atoms with Crippen LogP contribution < -0.4 is 10.2 Å². The molecule has 0 aliphatic carbocycles. The van der Waals surface area contributed by atoms with E-state index in [0.717, 1.165) is 12.1 Å². The Hall–Kier alpha value is -3.45. The molecule has 5 nitrogen and oxygen atoms in total. The second-order valence-electron chi connectivity index (χ2n) is 5.50. The number of nitrogens with one attached hydrogen (secondary N) is 1.